The molecule has 1 aliphatic rings. The van der Waals surface area contributed by atoms with E-state index in [1.165, 1.54) is 0 Å². The van der Waals surface area contributed by atoms with Gasteiger partial charge in [0.25, 0.3) is 0 Å². The van der Waals surface area contributed by atoms with Gasteiger partial charge in [-0.25, -0.2) is 0 Å². The largest absolute Gasteiger partial charge is 0.491 e. The minimum absolute atomic E-state index is 0.384. The van der Waals surface area contributed by atoms with Crippen LogP contribution < -0.4 is 9.64 Å². The number of amides is 1. The summed E-state index contributed by atoms with van der Waals surface area (Å²) in [5, 5.41) is 0. The Morgan fingerprint density at radius 3 is 2.19 bits per heavy atom. The number of hydrogen-bond acceptors (Lipinski definition) is 4. The second-order valence-electron chi connectivity index (χ2n) is 6.54. The highest BCUT2D eigenvalue weighted by atomic mass is 16.5. The van der Waals surface area contributed by atoms with Gasteiger partial charge in [-0.1, -0.05) is 26.0 Å². The van der Waals surface area contributed by atoms with Gasteiger partial charge >= 0.3 is 0 Å². The third kappa shape index (κ3) is 9.66. The van der Waals surface area contributed by atoms with Gasteiger partial charge < -0.3 is 19.3 Å². The molecule has 0 N–H and O–H groups in total. The van der Waals surface area contributed by atoms with Crippen molar-refractivity contribution in [1.29, 1.82) is 0 Å². The van der Waals surface area contributed by atoms with Gasteiger partial charge in [-0.05, 0) is 44.7 Å². The van der Waals surface area contributed by atoms with Gasteiger partial charge in [-0.3, -0.25) is 4.79 Å². The van der Waals surface area contributed by atoms with Crippen LogP contribution in [-0.4, -0.2) is 58.3 Å². The summed E-state index contributed by atoms with van der Waals surface area (Å²) < 4.78 is 10.7. The Morgan fingerprint density at radius 2 is 1.73 bits per heavy atom. The molecule has 0 aromatic heterocycles. The molecule has 0 aliphatic carbocycles. The number of hydrogen-bond donors (Lipinski definition) is 0. The molecule has 1 amide bonds. The lowest BCUT2D eigenvalue weighted by Crippen LogP contribution is -2.34. The van der Waals surface area contributed by atoms with E-state index in [0.29, 0.717) is 12.0 Å². The lowest BCUT2D eigenvalue weighted by molar-refractivity contribution is -0.119. The Morgan fingerprint density at radius 1 is 1.19 bits per heavy atom. The van der Waals surface area contributed by atoms with Crippen LogP contribution in [0.5, 0.6) is 5.75 Å². The Kier molecular flexibility index (Phi) is 13.5. The molecule has 0 spiro atoms. The number of methoxy groups -OCH3 is 1. The first kappa shape index (κ1) is 24.2. The van der Waals surface area contributed by atoms with Crippen molar-refractivity contribution in [2.75, 3.05) is 45.8 Å². The molecule has 1 fully saturated rings. The normalized spacial score (nSPS) is 13.9. The molecule has 150 valence electrons. The minimum atomic E-state index is 0.384. The molecule has 1 aliphatic heterocycles. The Hall–Kier alpha value is -1.75. The Bertz CT molecular complexity index is 470. The quantitative estimate of drug-likeness (QED) is 0.712. The minimum Gasteiger partial charge on any atom is -0.491 e. The van der Waals surface area contributed by atoms with Crippen LogP contribution in [0, 0.1) is 5.92 Å². The smallest absolute Gasteiger partial charge is 0.209 e. The zero-order chi connectivity index (χ0) is 19.9. The molecule has 0 unspecified atom stereocenters. The zero-order valence-electron chi connectivity index (χ0n) is 17.7. The van der Waals surface area contributed by atoms with E-state index in [1.54, 1.807) is 7.11 Å². The molecule has 2 rings (SSSR count). The number of nitrogens with zero attached hydrogens (tertiary/aromatic N) is 2. The number of carbonyl (C=O) groups is 1. The molecule has 0 atom stereocenters. The lowest BCUT2D eigenvalue weighted by Gasteiger charge is -2.29. The number of likely N-dealkylation sites (tertiary alicyclic amines) is 1. The molecule has 1 aromatic rings. The van der Waals surface area contributed by atoms with Gasteiger partial charge in [0.2, 0.25) is 6.41 Å². The molecule has 5 heteroatoms. The maximum Gasteiger partial charge on any atom is 0.209 e. The molecular weight excluding hydrogens is 328 g/mol. The van der Waals surface area contributed by atoms with Crippen LogP contribution in [0.15, 0.2) is 24.3 Å². The van der Waals surface area contributed by atoms with Crippen molar-refractivity contribution in [2.24, 2.45) is 5.92 Å². The van der Waals surface area contributed by atoms with Gasteiger partial charge in [0.15, 0.2) is 0 Å². The van der Waals surface area contributed by atoms with Crippen LogP contribution in [0.1, 0.15) is 40.5 Å². The van der Waals surface area contributed by atoms with Crippen LogP contribution in [0.4, 0.5) is 5.69 Å². The first-order valence-corrected chi connectivity index (χ1v) is 9.59. The van der Waals surface area contributed by atoms with E-state index in [9.17, 15) is 4.79 Å². The fourth-order valence-corrected chi connectivity index (χ4v) is 2.38. The van der Waals surface area contributed by atoms with Crippen molar-refractivity contribution in [2.45, 2.75) is 46.6 Å². The van der Waals surface area contributed by atoms with E-state index in [-0.39, 0.29) is 0 Å². The second kappa shape index (κ2) is 14.4. The summed E-state index contributed by atoms with van der Waals surface area (Å²) in [6.45, 7) is 10.4. The molecule has 5 nitrogen and oxygen atoms in total. The molecular formula is C21H38N2O3. The predicted molar refractivity (Wildman–Crippen MR) is 110 cm³/mol. The maximum atomic E-state index is 10.7. The summed E-state index contributed by atoms with van der Waals surface area (Å²) >= 11 is 0. The van der Waals surface area contributed by atoms with Crippen LogP contribution in [0.3, 0.4) is 0 Å². The highest BCUT2D eigenvalue weighted by Crippen LogP contribution is 2.27. The van der Waals surface area contributed by atoms with Crippen LogP contribution in [0.2, 0.25) is 0 Å². The molecule has 26 heavy (non-hydrogen) atoms. The van der Waals surface area contributed by atoms with Crippen molar-refractivity contribution in [1.82, 2.24) is 4.90 Å². The molecule has 0 bridgehead atoms. The standard InChI is InChI=1S/C15H22N2O2.C4H10O.C2H6/c1-16(2)14-5-3-4-6-15(14)19-11-13-7-9-17(12-18)10-8-13;1-4(2)5-3;1-2/h3-6,12-13H,7-11H2,1-2H3;4H,1-3H3;1-2H3. The average Bonchev–Trinajstić information content (AvgIpc) is 2.69. The number of benzene rings is 1. The number of ether oxygens (including phenoxy) is 2. The van der Waals surface area contributed by atoms with Gasteiger partial charge in [-0.2, -0.15) is 0 Å². The summed E-state index contributed by atoms with van der Waals surface area (Å²) in [6.07, 6.45) is 3.39. The highest BCUT2D eigenvalue weighted by molar-refractivity contribution is 5.57. The van der Waals surface area contributed by atoms with Gasteiger partial charge in [0.05, 0.1) is 18.4 Å². The van der Waals surface area contributed by atoms with Crippen LogP contribution in [-0.2, 0) is 9.53 Å². The predicted octanol–water partition coefficient (Wildman–Crippen LogP) is 4.07. The fraction of sp³-hybridized carbons (Fsp3) is 0.667. The van der Waals surface area contributed by atoms with Crippen LogP contribution in [0.25, 0.3) is 0 Å². The van der Waals surface area contributed by atoms with E-state index in [1.807, 2.05) is 64.9 Å². The summed E-state index contributed by atoms with van der Waals surface area (Å²) in [7, 11) is 5.74. The summed E-state index contributed by atoms with van der Waals surface area (Å²) in [5.74, 6) is 1.48. The topological polar surface area (TPSA) is 42.0 Å². The first-order valence-electron chi connectivity index (χ1n) is 9.59. The van der Waals surface area contributed by atoms with E-state index >= 15 is 0 Å². The van der Waals surface area contributed by atoms with Gasteiger partial charge in [0.1, 0.15) is 5.75 Å². The number of anilines is 1. The zero-order valence-corrected chi connectivity index (χ0v) is 17.7. The summed E-state index contributed by atoms with van der Waals surface area (Å²) in [6, 6.07) is 8.09. The summed E-state index contributed by atoms with van der Waals surface area (Å²) in [4.78, 5) is 14.6. The SMILES string of the molecule is CC.CN(C)c1ccccc1OCC1CCN(C=O)CC1.COC(C)C. The Labute approximate surface area is 160 Å². The van der Waals surface area contributed by atoms with Crippen molar-refractivity contribution in [3.8, 4) is 5.75 Å². The van der Waals surface area contributed by atoms with Crippen molar-refractivity contribution < 1.29 is 14.3 Å². The molecule has 0 saturated carbocycles. The third-order valence-electron chi connectivity index (χ3n) is 4.09. The van der Waals surface area contributed by atoms with Crippen molar-refractivity contribution in [3.63, 3.8) is 0 Å². The van der Waals surface area contributed by atoms with E-state index in [0.717, 1.165) is 50.4 Å². The molecule has 1 saturated heterocycles. The highest BCUT2D eigenvalue weighted by Gasteiger charge is 2.19. The molecule has 1 heterocycles. The molecule has 1 aromatic carbocycles. The second-order valence-corrected chi connectivity index (χ2v) is 6.54. The number of piperidine rings is 1. The van der Waals surface area contributed by atoms with Crippen molar-refractivity contribution in [3.05, 3.63) is 24.3 Å². The summed E-state index contributed by atoms with van der Waals surface area (Å²) in [5.41, 5.74) is 1.10. The van der Waals surface area contributed by atoms with E-state index in [4.69, 9.17) is 9.47 Å². The maximum absolute atomic E-state index is 10.7. The molecule has 0 radical (unpaired) electrons. The van der Waals surface area contributed by atoms with Gasteiger partial charge in [0, 0.05) is 34.3 Å². The van der Waals surface area contributed by atoms with E-state index < -0.39 is 0 Å². The van der Waals surface area contributed by atoms with Gasteiger partial charge in [-0.15, -0.1) is 0 Å². The first-order chi connectivity index (χ1) is 12.5. The van der Waals surface area contributed by atoms with E-state index in [2.05, 4.69) is 11.0 Å². The third-order valence-corrected chi connectivity index (χ3v) is 4.09. The number of rotatable bonds is 6. The average molecular weight is 367 g/mol. The van der Waals surface area contributed by atoms with Crippen LogP contribution >= 0.6 is 0 Å². The lowest BCUT2D eigenvalue weighted by atomic mass is 9.98. The monoisotopic (exact) mass is 366 g/mol. The Balaban J connectivity index is 0.000000772. The fourth-order valence-electron chi connectivity index (χ4n) is 2.38. The van der Waals surface area contributed by atoms with Crippen molar-refractivity contribution >= 4 is 12.1 Å². The number of carbonyl (C=O) groups excluding carboxylic acids is 1. The number of para-hydroxylation sites is 2.